The molecule has 1 aliphatic rings. The Hall–Kier alpha value is -1.36. The van der Waals surface area contributed by atoms with E-state index >= 15 is 0 Å². The highest BCUT2D eigenvalue weighted by Gasteiger charge is 2.24. The molecule has 104 valence electrons. The van der Waals surface area contributed by atoms with Crippen molar-refractivity contribution in [2.45, 2.75) is 45.4 Å². The van der Waals surface area contributed by atoms with Crippen molar-refractivity contribution < 1.29 is 10.0 Å². The van der Waals surface area contributed by atoms with Crippen LogP contribution in [0, 0.1) is 0 Å². The lowest BCUT2D eigenvalue weighted by Gasteiger charge is -2.14. The van der Waals surface area contributed by atoms with Crippen LogP contribution in [-0.4, -0.2) is 23.4 Å². The van der Waals surface area contributed by atoms with Crippen LogP contribution in [0.25, 0.3) is 0 Å². The molecule has 0 unspecified atom stereocenters. The zero-order valence-electron chi connectivity index (χ0n) is 11.2. The highest BCUT2D eigenvalue weighted by atomic mass is 32.1. The minimum Gasteiger partial charge on any atom is -0.411 e. The molecule has 0 spiro atoms. The van der Waals surface area contributed by atoms with E-state index in [0.717, 1.165) is 66.8 Å². The van der Waals surface area contributed by atoms with Crippen molar-refractivity contribution in [1.29, 1.82) is 0 Å². The van der Waals surface area contributed by atoms with Gasteiger partial charge in [-0.1, -0.05) is 24.9 Å². The number of carbonyl (C=O) groups is 1. The summed E-state index contributed by atoms with van der Waals surface area (Å²) in [4.78, 5) is 13.1. The predicted molar refractivity (Wildman–Crippen MR) is 77.4 cm³/mol. The molecule has 4 nitrogen and oxygen atoms in total. The van der Waals surface area contributed by atoms with Crippen molar-refractivity contribution in [2.75, 3.05) is 6.54 Å². The molecule has 19 heavy (non-hydrogen) atoms. The van der Waals surface area contributed by atoms with Gasteiger partial charge in [-0.3, -0.25) is 4.79 Å². The van der Waals surface area contributed by atoms with Gasteiger partial charge in [-0.25, -0.2) is 0 Å². The van der Waals surface area contributed by atoms with Crippen LogP contribution >= 0.6 is 11.3 Å². The monoisotopic (exact) mass is 280 g/mol. The van der Waals surface area contributed by atoms with E-state index in [9.17, 15) is 4.79 Å². The number of nitrogens with one attached hydrogen (secondary N) is 1. The van der Waals surface area contributed by atoms with Gasteiger partial charge < -0.3 is 10.5 Å². The average molecular weight is 280 g/mol. The first kappa shape index (κ1) is 14.1. The van der Waals surface area contributed by atoms with E-state index in [0.29, 0.717) is 0 Å². The molecule has 1 aliphatic carbocycles. The molecule has 0 saturated heterocycles. The van der Waals surface area contributed by atoms with Crippen LogP contribution in [-0.2, 0) is 6.42 Å². The topological polar surface area (TPSA) is 61.7 Å². The number of unbranched alkanes of at least 4 members (excludes halogenated alkanes) is 2. The van der Waals surface area contributed by atoms with E-state index < -0.39 is 0 Å². The van der Waals surface area contributed by atoms with Crippen molar-refractivity contribution >= 4 is 23.0 Å². The van der Waals surface area contributed by atoms with Crippen molar-refractivity contribution in [3.8, 4) is 0 Å². The zero-order chi connectivity index (χ0) is 13.7. The fraction of sp³-hybridized carbons (Fsp3) is 0.571. The number of amides is 1. The molecule has 2 rings (SSSR count). The normalized spacial score (nSPS) is 16.4. The molecular weight excluding hydrogens is 260 g/mol. The lowest BCUT2D eigenvalue weighted by atomic mass is 9.94. The standard InChI is InChI=1S/C14H20N2O2S/c1-2-3-4-8-15-14(17)11-9-19-13-10(11)6-5-7-12(13)16-18/h9,18H,2-8H2,1H3,(H,15,17)/b16-12-. The maximum Gasteiger partial charge on any atom is 0.252 e. The van der Waals surface area contributed by atoms with E-state index in [2.05, 4.69) is 17.4 Å². The smallest absolute Gasteiger partial charge is 0.252 e. The van der Waals surface area contributed by atoms with E-state index in [4.69, 9.17) is 5.21 Å². The minimum absolute atomic E-state index is 0.00722. The molecule has 0 saturated carbocycles. The Morgan fingerprint density at radius 1 is 1.47 bits per heavy atom. The lowest BCUT2D eigenvalue weighted by Crippen LogP contribution is -2.25. The number of fused-ring (bicyclic) bond motifs is 1. The Morgan fingerprint density at radius 2 is 2.32 bits per heavy atom. The predicted octanol–water partition coefficient (Wildman–Crippen LogP) is 3.18. The number of oxime groups is 1. The summed E-state index contributed by atoms with van der Waals surface area (Å²) < 4.78 is 0. The first-order valence-corrected chi connectivity index (χ1v) is 7.75. The molecule has 0 aromatic carbocycles. The second-order valence-electron chi connectivity index (χ2n) is 4.82. The Bertz CT molecular complexity index is 480. The maximum atomic E-state index is 12.1. The van der Waals surface area contributed by atoms with Crippen LogP contribution < -0.4 is 5.32 Å². The molecule has 1 aromatic heterocycles. The molecule has 0 radical (unpaired) electrons. The Kier molecular flexibility index (Phi) is 4.96. The molecular formula is C14H20N2O2S. The largest absolute Gasteiger partial charge is 0.411 e. The second-order valence-corrected chi connectivity index (χ2v) is 5.70. The average Bonchev–Trinajstić information content (AvgIpc) is 2.87. The van der Waals surface area contributed by atoms with Crippen molar-refractivity contribution in [2.24, 2.45) is 5.16 Å². The number of carbonyl (C=O) groups excluding carboxylic acids is 1. The fourth-order valence-corrected chi connectivity index (χ4v) is 3.50. The van der Waals surface area contributed by atoms with Crippen LogP contribution in [0.3, 0.4) is 0 Å². The van der Waals surface area contributed by atoms with E-state index in [-0.39, 0.29) is 5.91 Å². The van der Waals surface area contributed by atoms with Crippen LogP contribution in [0.4, 0.5) is 0 Å². The quantitative estimate of drug-likeness (QED) is 0.494. The van der Waals surface area contributed by atoms with Crippen LogP contribution in [0.15, 0.2) is 10.5 Å². The van der Waals surface area contributed by atoms with Crippen LogP contribution in [0.2, 0.25) is 0 Å². The maximum absolute atomic E-state index is 12.1. The Morgan fingerprint density at radius 3 is 3.05 bits per heavy atom. The summed E-state index contributed by atoms with van der Waals surface area (Å²) in [5.74, 6) is 0.00722. The molecule has 0 bridgehead atoms. The van der Waals surface area contributed by atoms with Crippen LogP contribution in [0.1, 0.15) is 59.8 Å². The minimum atomic E-state index is 0.00722. The molecule has 1 heterocycles. The third kappa shape index (κ3) is 3.15. The highest BCUT2D eigenvalue weighted by molar-refractivity contribution is 7.12. The van der Waals surface area contributed by atoms with Crippen LogP contribution in [0.5, 0.6) is 0 Å². The van der Waals surface area contributed by atoms with Gasteiger partial charge in [0, 0.05) is 11.9 Å². The first-order chi connectivity index (χ1) is 9.27. The summed E-state index contributed by atoms with van der Waals surface area (Å²) in [7, 11) is 0. The van der Waals surface area contributed by atoms with Gasteiger partial charge in [0.2, 0.25) is 0 Å². The van der Waals surface area contributed by atoms with E-state index in [1.807, 2.05) is 5.38 Å². The molecule has 0 aliphatic heterocycles. The van der Waals surface area contributed by atoms with Gasteiger partial charge in [0.15, 0.2) is 0 Å². The summed E-state index contributed by atoms with van der Waals surface area (Å²) in [6, 6.07) is 0. The van der Waals surface area contributed by atoms with Crippen molar-refractivity contribution in [3.05, 3.63) is 21.4 Å². The Balaban J connectivity index is 2.05. The third-order valence-electron chi connectivity index (χ3n) is 3.43. The van der Waals surface area contributed by atoms with Gasteiger partial charge in [0.1, 0.15) is 0 Å². The second kappa shape index (κ2) is 6.70. The zero-order valence-corrected chi connectivity index (χ0v) is 12.1. The third-order valence-corrected chi connectivity index (χ3v) is 4.50. The summed E-state index contributed by atoms with van der Waals surface area (Å²) in [5.41, 5.74) is 2.53. The van der Waals surface area contributed by atoms with Gasteiger partial charge >= 0.3 is 0 Å². The molecule has 1 amide bonds. The summed E-state index contributed by atoms with van der Waals surface area (Å²) in [6.45, 7) is 2.88. The number of hydrogen-bond acceptors (Lipinski definition) is 4. The van der Waals surface area contributed by atoms with Crippen molar-refractivity contribution in [3.63, 3.8) is 0 Å². The number of hydrogen-bond donors (Lipinski definition) is 2. The lowest BCUT2D eigenvalue weighted by molar-refractivity contribution is 0.0952. The first-order valence-electron chi connectivity index (χ1n) is 6.87. The van der Waals surface area contributed by atoms with E-state index in [1.54, 1.807) is 0 Å². The fourth-order valence-electron chi connectivity index (χ4n) is 2.38. The Labute approximate surface area is 117 Å². The number of thiophene rings is 1. The number of nitrogens with zero attached hydrogens (tertiary/aromatic N) is 1. The summed E-state index contributed by atoms with van der Waals surface area (Å²) in [5, 5.41) is 17.2. The SMILES string of the molecule is CCCCCNC(=O)c1csc2c1CCC/C2=N/O. The van der Waals surface area contributed by atoms with E-state index in [1.165, 1.54) is 11.3 Å². The molecule has 0 fully saturated rings. The highest BCUT2D eigenvalue weighted by Crippen LogP contribution is 2.30. The van der Waals surface area contributed by atoms with Gasteiger partial charge in [0.05, 0.1) is 16.2 Å². The summed E-state index contributed by atoms with van der Waals surface area (Å²) >= 11 is 1.51. The van der Waals surface area contributed by atoms with Gasteiger partial charge in [-0.2, -0.15) is 0 Å². The van der Waals surface area contributed by atoms with Gasteiger partial charge in [0.25, 0.3) is 5.91 Å². The van der Waals surface area contributed by atoms with Gasteiger partial charge in [-0.15, -0.1) is 11.3 Å². The van der Waals surface area contributed by atoms with Gasteiger partial charge in [-0.05, 0) is 31.2 Å². The number of rotatable bonds is 5. The summed E-state index contributed by atoms with van der Waals surface area (Å²) in [6.07, 6.45) is 5.96. The molecule has 0 atom stereocenters. The molecule has 5 heteroatoms. The van der Waals surface area contributed by atoms with Crippen molar-refractivity contribution in [1.82, 2.24) is 5.32 Å². The molecule has 2 N–H and O–H groups in total. The molecule has 1 aromatic rings.